The van der Waals surface area contributed by atoms with Crippen molar-refractivity contribution >= 4 is 11.9 Å². The maximum atomic E-state index is 12.0. The van der Waals surface area contributed by atoms with E-state index in [1.165, 1.54) is 31.4 Å². The number of methoxy groups -OCH3 is 1. The second-order valence-corrected chi connectivity index (χ2v) is 4.15. The summed E-state index contributed by atoms with van der Waals surface area (Å²) in [6.45, 7) is 0. The van der Waals surface area contributed by atoms with Crippen molar-refractivity contribution in [1.29, 1.82) is 5.26 Å². The lowest BCUT2D eigenvalue weighted by molar-refractivity contribution is -0.143. The summed E-state index contributed by atoms with van der Waals surface area (Å²) in [6.07, 6.45) is 1.11. The van der Waals surface area contributed by atoms with Gasteiger partial charge in [-0.25, -0.2) is 4.79 Å². The number of unbranched alkanes of at least 4 members (excludes halogenated alkanes) is 1. The molecule has 6 heteroatoms. The fourth-order valence-electron chi connectivity index (χ4n) is 1.67. The van der Waals surface area contributed by atoms with Crippen molar-refractivity contribution in [3.05, 3.63) is 29.8 Å². The molecule has 0 saturated heterocycles. The molecular formula is C14H16N2O4. The number of phenolic OH excluding ortho intramolecular Hbond substituents is 1. The summed E-state index contributed by atoms with van der Waals surface area (Å²) < 4.78 is 4.62. The van der Waals surface area contributed by atoms with E-state index in [1.807, 2.05) is 6.07 Å². The summed E-state index contributed by atoms with van der Waals surface area (Å²) in [6, 6.07) is 6.98. The predicted molar refractivity (Wildman–Crippen MR) is 70.8 cm³/mol. The van der Waals surface area contributed by atoms with Gasteiger partial charge in [-0.3, -0.25) is 4.79 Å². The molecule has 1 amide bonds. The van der Waals surface area contributed by atoms with Crippen molar-refractivity contribution in [3.63, 3.8) is 0 Å². The molecule has 0 bridgehead atoms. The molecule has 1 rings (SSSR count). The molecular weight excluding hydrogens is 260 g/mol. The van der Waals surface area contributed by atoms with E-state index in [1.54, 1.807) is 0 Å². The molecule has 106 valence electrons. The Morgan fingerprint density at radius 2 is 2.25 bits per heavy atom. The van der Waals surface area contributed by atoms with E-state index in [-0.39, 0.29) is 11.3 Å². The number of nitrogens with one attached hydrogen (secondary N) is 1. The van der Waals surface area contributed by atoms with Crippen LogP contribution in [0, 0.1) is 11.3 Å². The second kappa shape index (κ2) is 7.79. The number of esters is 1. The number of hydrogen-bond donors (Lipinski definition) is 2. The molecule has 1 aromatic rings. The van der Waals surface area contributed by atoms with Crippen molar-refractivity contribution in [1.82, 2.24) is 5.32 Å². The molecule has 0 saturated carbocycles. The van der Waals surface area contributed by atoms with Crippen molar-refractivity contribution in [2.75, 3.05) is 7.11 Å². The molecule has 20 heavy (non-hydrogen) atoms. The number of hydrogen-bond acceptors (Lipinski definition) is 5. The van der Waals surface area contributed by atoms with E-state index in [9.17, 15) is 14.7 Å². The van der Waals surface area contributed by atoms with E-state index in [0.717, 1.165) is 0 Å². The van der Waals surface area contributed by atoms with Crippen LogP contribution in [0.5, 0.6) is 5.75 Å². The molecule has 0 fully saturated rings. The Hall–Kier alpha value is -2.55. The van der Waals surface area contributed by atoms with Gasteiger partial charge in [0, 0.05) is 12.0 Å². The Bertz CT molecular complexity index is 522. The molecule has 0 aliphatic rings. The van der Waals surface area contributed by atoms with Crippen molar-refractivity contribution < 1.29 is 19.4 Å². The molecule has 2 N–H and O–H groups in total. The Kier molecular flexibility index (Phi) is 6.04. The zero-order valence-electron chi connectivity index (χ0n) is 11.1. The molecule has 1 aromatic carbocycles. The molecule has 1 atom stereocenters. The van der Waals surface area contributed by atoms with Gasteiger partial charge in [-0.1, -0.05) is 6.07 Å². The van der Waals surface area contributed by atoms with Gasteiger partial charge >= 0.3 is 5.97 Å². The lowest BCUT2D eigenvalue weighted by Crippen LogP contribution is -2.41. The number of phenols is 1. The number of ether oxygens (including phenoxy) is 1. The van der Waals surface area contributed by atoms with E-state index in [0.29, 0.717) is 19.3 Å². The number of carbonyl (C=O) groups excluding carboxylic acids is 2. The Morgan fingerprint density at radius 3 is 2.85 bits per heavy atom. The van der Waals surface area contributed by atoms with Crippen LogP contribution in [0.4, 0.5) is 0 Å². The largest absolute Gasteiger partial charge is 0.508 e. The first kappa shape index (κ1) is 15.5. The number of aromatic hydroxyl groups is 1. The van der Waals surface area contributed by atoms with Crippen LogP contribution in [0.2, 0.25) is 0 Å². The standard InChI is InChI=1S/C14H16N2O4/c1-20-14(19)12(7-2-3-8-15)16-13(18)10-5-4-6-11(17)9-10/h4-6,9,12,17H,2-3,7H2,1H3,(H,16,18)/t12-/m0/s1. The molecule has 0 aliphatic carbocycles. The number of carbonyl (C=O) groups is 2. The highest BCUT2D eigenvalue weighted by Gasteiger charge is 2.21. The smallest absolute Gasteiger partial charge is 0.328 e. The number of rotatable bonds is 6. The predicted octanol–water partition coefficient (Wildman–Crippen LogP) is 1.36. The molecule has 0 radical (unpaired) electrons. The second-order valence-electron chi connectivity index (χ2n) is 4.15. The van der Waals surface area contributed by atoms with E-state index >= 15 is 0 Å². The summed E-state index contributed by atoms with van der Waals surface area (Å²) in [5.41, 5.74) is 0.249. The maximum Gasteiger partial charge on any atom is 0.328 e. The quantitative estimate of drug-likeness (QED) is 0.603. The first-order chi connectivity index (χ1) is 9.58. The number of nitriles is 1. The topological polar surface area (TPSA) is 99.4 Å². The van der Waals surface area contributed by atoms with Crippen LogP contribution >= 0.6 is 0 Å². The molecule has 0 spiro atoms. The molecule has 6 nitrogen and oxygen atoms in total. The van der Waals surface area contributed by atoms with Crippen LogP contribution in [0.3, 0.4) is 0 Å². The van der Waals surface area contributed by atoms with Gasteiger partial charge in [0.2, 0.25) is 0 Å². The van der Waals surface area contributed by atoms with Crippen molar-refractivity contribution in [3.8, 4) is 11.8 Å². The van der Waals surface area contributed by atoms with Crippen LogP contribution in [0.1, 0.15) is 29.6 Å². The van der Waals surface area contributed by atoms with Crippen LogP contribution in [0.25, 0.3) is 0 Å². The summed E-state index contributed by atoms with van der Waals surface area (Å²) in [7, 11) is 1.24. The zero-order valence-corrected chi connectivity index (χ0v) is 11.1. The van der Waals surface area contributed by atoms with Gasteiger partial charge < -0.3 is 15.2 Å². The highest BCUT2D eigenvalue weighted by atomic mass is 16.5. The van der Waals surface area contributed by atoms with Crippen molar-refractivity contribution in [2.45, 2.75) is 25.3 Å². The SMILES string of the molecule is COC(=O)[C@H](CCCC#N)NC(=O)c1cccc(O)c1. The average molecular weight is 276 g/mol. The first-order valence-corrected chi connectivity index (χ1v) is 6.13. The average Bonchev–Trinajstić information content (AvgIpc) is 2.45. The Balaban J connectivity index is 2.71. The van der Waals surface area contributed by atoms with Gasteiger partial charge in [0.05, 0.1) is 13.2 Å². The monoisotopic (exact) mass is 276 g/mol. The molecule has 0 aromatic heterocycles. The van der Waals surface area contributed by atoms with E-state index in [2.05, 4.69) is 10.1 Å². The number of benzene rings is 1. The maximum absolute atomic E-state index is 12.0. The van der Waals surface area contributed by atoms with Gasteiger partial charge in [-0.2, -0.15) is 5.26 Å². The van der Waals surface area contributed by atoms with Crippen molar-refractivity contribution in [2.24, 2.45) is 0 Å². The Morgan fingerprint density at radius 1 is 1.50 bits per heavy atom. The van der Waals surface area contributed by atoms with Gasteiger partial charge in [-0.05, 0) is 31.0 Å². The minimum absolute atomic E-state index is 0.0308. The molecule has 0 aliphatic heterocycles. The molecule has 0 unspecified atom stereocenters. The lowest BCUT2D eigenvalue weighted by Gasteiger charge is -2.16. The highest BCUT2D eigenvalue weighted by Crippen LogP contribution is 2.11. The summed E-state index contributed by atoms with van der Waals surface area (Å²) in [5, 5.41) is 20.3. The first-order valence-electron chi connectivity index (χ1n) is 6.13. The third-order valence-electron chi connectivity index (χ3n) is 2.68. The van der Waals surface area contributed by atoms with Crippen LogP contribution in [0.15, 0.2) is 24.3 Å². The fourth-order valence-corrected chi connectivity index (χ4v) is 1.67. The third kappa shape index (κ3) is 4.61. The normalized spacial score (nSPS) is 11.2. The molecule has 0 heterocycles. The fraction of sp³-hybridized carbons (Fsp3) is 0.357. The van der Waals surface area contributed by atoms with Gasteiger partial charge in [-0.15, -0.1) is 0 Å². The Labute approximate surface area is 117 Å². The number of nitrogens with zero attached hydrogens (tertiary/aromatic N) is 1. The van der Waals surface area contributed by atoms with Gasteiger partial charge in [0.25, 0.3) is 5.91 Å². The summed E-state index contributed by atoms with van der Waals surface area (Å²) in [5.74, 6) is -1.07. The summed E-state index contributed by atoms with van der Waals surface area (Å²) >= 11 is 0. The third-order valence-corrected chi connectivity index (χ3v) is 2.68. The van der Waals surface area contributed by atoms with Gasteiger partial charge in [0.15, 0.2) is 0 Å². The van der Waals surface area contributed by atoms with Crippen LogP contribution in [-0.4, -0.2) is 30.1 Å². The van der Waals surface area contributed by atoms with E-state index < -0.39 is 17.9 Å². The highest BCUT2D eigenvalue weighted by molar-refractivity contribution is 5.97. The van der Waals surface area contributed by atoms with Crippen LogP contribution in [-0.2, 0) is 9.53 Å². The minimum atomic E-state index is -0.803. The van der Waals surface area contributed by atoms with Crippen LogP contribution < -0.4 is 5.32 Å². The lowest BCUT2D eigenvalue weighted by atomic mass is 10.1. The van der Waals surface area contributed by atoms with Gasteiger partial charge in [0.1, 0.15) is 11.8 Å². The minimum Gasteiger partial charge on any atom is -0.508 e. The summed E-state index contributed by atoms with van der Waals surface area (Å²) in [4.78, 5) is 23.5. The number of amides is 1. The van der Waals surface area contributed by atoms with E-state index in [4.69, 9.17) is 5.26 Å². The zero-order chi connectivity index (χ0) is 15.0.